The number of aromatic nitrogens is 2. The second kappa shape index (κ2) is 6.06. The van der Waals surface area contributed by atoms with E-state index in [1.54, 1.807) is 0 Å². The van der Waals surface area contributed by atoms with Crippen molar-refractivity contribution < 1.29 is 0 Å². The minimum absolute atomic E-state index is 0.327. The van der Waals surface area contributed by atoms with Crippen LogP contribution < -0.4 is 16.0 Å². The zero-order valence-corrected chi connectivity index (χ0v) is 12.1. The van der Waals surface area contributed by atoms with Gasteiger partial charge in [-0.15, -0.1) is 0 Å². The Balaban J connectivity index is 2.10. The highest BCUT2D eigenvalue weighted by Crippen LogP contribution is 2.23. The van der Waals surface area contributed by atoms with Crippen LogP contribution in [0.15, 0.2) is 6.07 Å². The zero-order valence-electron chi connectivity index (χ0n) is 12.1. The maximum absolute atomic E-state index is 5.75. The Bertz CT molecular complexity index is 418. The minimum atomic E-state index is 0.327. The first-order chi connectivity index (χ1) is 9.17. The van der Waals surface area contributed by atoms with E-state index in [4.69, 9.17) is 5.73 Å². The molecule has 0 aromatic carbocycles. The predicted octanol–water partition coefficient (Wildman–Crippen LogP) is 1.02. The summed E-state index contributed by atoms with van der Waals surface area (Å²) in [4.78, 5) is 13.3. The minimum Gasteiger partial charge on any atom is -0.373 e. The number of nitrogens with one attached hydrogen (secondary N) is 1. The molecule has 1 atom stereocenters. The Kier molecular flexibility index (Phi) is 4.42. The molecule has 2 heterocycles. The van der Waals surface area contributed by atoms with E-state index in [1.165, 1.54) is 6.42 Å². The predicted molar refractivity (Wildman–Crippen MR) is 79.5 cm³/mol. The van der Waals surface area contributed by atoms with Crippen LogP contribution >= 0.6 is 0 Å². The molecule has 0 spiro atoms. The van der Waals surface area contributed by atoms with Crippen molar-refractivity contribution in [2.75, 3.05) is 49.2 Å². The van der Waals surface area contributed by atoms with E-state index < -0.39 is 0 Å². The van der Waals surface area contributed by atoms with E-state index in [-0.39, 0.29) is 0 Å². The Hall–Kier alpha value is -1.56. The summed E-state index contributed by atoms with van der Waals surface area (Å²) in [6.45, 7) is 8.68. The number of nitrogens with two attached hydrogens (primary N) is 1. The molecule has 0 aliphatic carbocycles. The second-order valence-electron chi connectivity index (χ2n) is 4.83. The van der Waals surface area contributed by atoms with Gasteiger partial charge in [0, 0.05) is 32.2 Å². The van der Waals surface area contributed by atoms with Crippen LogP contribution in [0.4, 0.5) is 17.6 Å². The van der Waals surface area contributed by atoms with Crippen molar-refractivity contribution in [3.8, 4) is 0 Å². The molecule has 1 fully saturated rings. The lowest BCUT2D eigenvalue weighted by Gasteiger charge is -2.26. The number of rotatable bonds is 5. The molecule has 0 bridgehead atoms. The largest absolute Gasteiger partial charge is 0.373 e. The lowest BCUT2D eigenvalue weighted by molar-refractivity contribution is 0.232. The Labute approximate surface area is 115 Å². The summed E-state index contributed by atoms with van der Waals surface area (Å²) in [5.74, 6) is 2.02. The molecular weight excluding hydrogens is 240 g/mol. The average Bonchev–Trinajstić information content (AvgIpc) is 2.89. The first-order valence-corrected chi connectivity index (χ1v) is 6.99. The van der Waals surface area contributed by atoms with Crippen molar-refractivity contribution in [2.24, 2.45) is 0 Å². The van der Waals surface area contributed by atoms with Crippen molar-refractivity contribution in [3.63, 3.8) is 0 Å². The van der Waals surface area contributed by atoms with E-state index in [9.17, 15) is 0 Å². The van der Waals surface area contributed by atoms with E-state index >= 15 is 0 Å². The summed E-state index contributed by atoms with van der Waals surface area (Å²) < 4.78 is 0. The third-order valence-corrected chi connectivity index (χ3v) is 3.80. The van der Waals surface area contributed by atoms with E-state index in [1.807, 2.05) is 13.1 Å². The normalized spacial score (nSPS) is 19.2. The van der Waals surface area contributed by atoms with Gasteiger partial charge in [-0.2, -0.15) is 9.97 Å². The molecule has 0 radical (unpaired) electrons. The fourth-order valence-corrected chi connectivity index (χ4v) is 2.73. The standard InChI is InChI=1S/C13H24N6/c1-4-18(5-2)10-6-7-19(9-10)12-8-11(15-3)16-13(14)17-12/h8,10H,4-7,9H2,1-3H3,(H3,14,15,16,17). The summed E-state index contributed by atoms with van der Waals surface area (Å²) >= 11 is 0. The van der Waals surface area contributed by atoms with Crippen molar-refractivity contribution >= 4 is 17.6 Å². The monoisotopic (exact) mass is 264 g/mol. The summed E-state index contributed by atoms with van der Waals surface area (Å²) in [5, 5.41) is 3.02. The molecule has 0 amide bonds. The summed E-state index contributed by atoms with van der Waals surface area (Å²) in [6.07, 6.45) is 1.18. The van der Waals surface area contributed by atoms with Gasteiger partial charge in [0.2, 0.25) is 5.95 Å². The molecule has 1 saturated heterocycles. The molecule has 6 nitrogen and oxygen atoms in total. The number of nitrogens with zero attached hydrogens (tertiary/aromatic N) is 4. The number of hydrogen-bond acceptors (Lipinski definition) is 6. The van der Waals surface area contributed by atoms with Crippen molar-refractivity contribution in [2.45, 2.75) is 26.3 Å². The number of anilines is 3. The number of hydrogen-bond donors (Lipinski definition) is 2. The third-order valence-electron chi connectivity index (χ3n) is 3.80. The van der Waals surface area contributed by atoms with Gasteiger partial charge in [0.05, 0.1) is 0 Å². The molecule has 0 saturated carbocycles. The summed E-state index contributed by atoms with van der Waals surface area (Å²) in [5.41, 5.74) is 5.75. The van der Waals surface area contributed by atoms with Crippen LogP contribution in [0, 0.1) is 0 Å². The maximum Gasteiger partial charge on any atom is 0.223 e. The molecule has 19 heavy (non-hydrogen) atoms. The topological polar surface area (TPSA) is 70.3 Å². The van der Waals surface area contributed by atoms with Gasteiger partial charge in [-0.25, -0.2) is 0 Å². The first-order valence-electron chi connectivity index (χ1n) is 6.99. The molecular formula is C13H24N6. The van der Waals surface area contributed by atoms with Crippen molar-refractivity contribution in [1.29, 1.82) is 0 Å². The van der Waals surface area contributed by atoms with Crippen LogP contribution in [-0.4, -0.2) is 54.1 Å². The van der Waals surface area contributed by atoms with E-state index in [0.717, 1.165) is 37.8 Å². The molecule has 6 heteroatoms. The van der Waals surface area contributed by atoms with Gasteiger partial charge in [-0.3, -0.25) is 4.90 Å². The average molecular weight is 264 g/mol. The Morgan fingerprint density at radius 1 is 1.42 bits per heavy atom. The molecule has 1 aromatic rings. The molecule has 1 aliphatic heterocycles. The lowest BCUT2D eigenvalue weighted by Crippen LogP contribution is -2.37. The number of likely N-dealkylation sites (N-methyl/N-ethyl adjacent to an activating group) is 1. The molecule has 1 aromatic heterocycles. The Morgan fingerprint density at radius 2 is 2.16 bits per heavy atom. The highest BCUT2D eigenvalue weighted by molar-refractivity contribution is 5.53. The van der Waals surface area contributed by atoms with Crippen LogP contribution in [0.3, 0.4) is 0 Å². The van der Waals surface area contributed by atoms with Gasteiger partial charge in [0.15, 0.2) is 0 Å². The highest BCUT2D eigenvalue weighted by atomic mass is 15.3. The van der Waals surface area contributed by atoms with Gasteiger partial charge >= 0.3 is 0 Å². The quantitative estimate of drug-likeness (QED) is 0.827. The molecule has 1 unspecified atom stereocenters. The van der Waals surface area contributed by atoms with E-state index in [0.29, 0.717) is 12.0 Å². The zero-order chi connectivity index (χ0) is 13.8. The van der Waals surface area contributed by atoms with Crippen molar-refractivity contribution in [1.82, 2.24) is 14.9 Å². The van der Waals surface area contributed by atoms with Crippen LogP contribution in [0.5, 0.6) is 0 Å². The highest BCUT2D eigenvalue weighted by Gasteiger charge is 2.27. The second-order valence-corrected chi connectivity index (χ2v) is 4.83. The fraction of sp³-hybridized carbons (Fsp3) is 0.692. The van der Waals surface area contributed by atoms with Gasteiger partial charge in [0.25, 0.3) is 0 Å². The molecule has 3 N–H and O–H groups in total. The Morgan fingerprint density at radius 3 is 2.79 bits per heavy atom. The molecule has 2 rings (SSSR count). The molecule has 1 aliphatic rings. The number of nitrogen functional groups attached to an aromatic ring is 1. The maximum atomic E-state index is 5.75. The van der Waals surface area contributed by atoms with Gasteiger partial charge < -0.3 is 16.0 Å². The van der Waals surface area contributed by atoms with Crippen LogP contribution in [0.1, 0.15) is 20.3 Å². The third kappa shape index (κ3) is 3.07. The summed E-state index contributed by atoms with van der Waals surface area (Å²) in [7, 11) is 1.84. The molecule has 106 valence electrons. The van der Waals surface area contributed by atoms with Gasteiger partial charge in [0.1, 0.15) is 11.6 Å². The van der Waals surface area contributed by atoms with Gasteiger partial charge in [-0.05, 0) is 19.5 Å². The first kappa shape index (κ1) is 13.9. The van der Waals surface area contributed by atoms with E-state index in [2.05, 4.69) is 38.9 Å². The van der Waals surface area contributed by atoms with Crippen LogP contribution in [-0.2, 0) is 0 Å². The summed E-state index contributed by atoms with van der Waals surface area (Å²) in [6, 6.07) is 2.57. The van der Waals surface area contributed by atoms with Crippen LogP contribution in [0.25, 0.3) is 0 Å². The fourth-order valence-electron chi connectivity index (χ4n) is 2.73. The lowest BCUT2D eigenvalue weighted by atomic mass is 10.2. The van der Waals surface area contributed by atoms with Crippen LogP contribution in [0.2, 0.25) is 0 Å². The van der Waals surface area contributed by atoms with Crippen molar-refractivity contribution in [3.05, 3.63) is 6.07 Å². The smallest absolute Gasteiger partial charge is 0.223 e. The SMILES string of the molecule is CCN(CC)C1CCN(c2cc(NC)nc(N)n2)C1. The van der Waals surface area contributed by atoms with Gasteiger partial charge in [-0.1, -0.05) is 13.8 Å².